The Balaban J connectivity index is 1.54. The molecule has 0 radical (unpaired) electrons. The number of rotatable bonds is 6. The molecule has 0 atom stereocenters. The second-order valence-electron chi connectivity index (χ2n) is 5.68. The minimum atomic E-state index is -0.0266. The monoisotopic (exact) mass is 372 g/mol. The van der Waals surface area contributed by atoms with Crippen molar-refractivity contribution in [3.63, 3.8) is 0 Å². The lowest BCUT2D eigenvalue weighted by atomic mass is 10.4. The Morgan fingerprint density at radius 1 is 1.38 bits per heavy atom. The minimum absolute atomic E-state index is 0.0266. The average Bonchev–Trinajstić information content (AvgIpc) is 3.31. The van der Waals surface area contributed by atoms with Gasteiger partial charge in [-0.2, -0.15) is 16.9 Å². The van der Waals surface area contributed by atoms with E-state index in [1.165, 1.54) is 24.3 Å². The summed E-state index contributed by atoms with van der Waals surface area (Å²) in [5.74, 6) is 3.10. The molecule has 7 heteroatoms. The maximum absolute atomic E-state index is 12.2. The standard InChI is InChI=1S/C14H21BrN4OS/c15-13-12(16-3-4-18-5-7-21-8-6-18)9-17-19(14(13)20)10-11-1-2-11/h9,11,16H,1-8,10H2. The van der Waals surface area contributed by atoms with E-state index in [-0.39, 0.29) is 5.56 Å². The first-order chi connectivity index (χ1) is 10.2. The Hall–Kier alpha value is -0.530. The van der Waals surface area contributed by atoms with Gasteiger partial charge in [0.15, 0.2) is 0 Å². The van der Waals surface area contributed by atoms with E-state index in [0.29, 0.717) is 10.4 Å². The van der Waals surface area contributed by atoms with Crippen LogP contribution in [0.15, 0.2) is 15.5 Å². The Bertz CT molecular complexity index is 540. The van der Waals surface area contributed by atoms with Gasteiger partial charge in [0.2, 0.25) is 0 Å². The van der Waals surface area contributed by atoms with Crippen molar-refractivity contribution in [2.45, 2.75) is 19.4 Å². The highest BCUT2D eigenvalue weighted by Gasteiger charge is 2.23. The predicted molar refractivity (Wildman–Crippen MR) is 91.2 cm³/mol. The van der Waals surface area contributed by atoms with Crippen LogP contribution < -0.4 is 10.9 Å². The molecule has 1 saturated carbocycles. The lowest BCUT2D eigenvalue weighted by Crippen LogP contribution is -2.36. The summed E-state index contributed by atoms with van der Waals surface area (Å²) in [5, 5.41) is 7.61. The molecule has 1 aliphatic heterocycles. The van der Waals surface area contributed by atoms with Crippen molar-refractivity contribution >= 4 is 33.4 Å². The first kappa shape index (κ1) is 15.4. The van der Waals surface area contributed by atoms with Crippen molar-refractivity contribution in [1.29, 1.82) is 0 Å². The molecule has 116 valence electrons. The molecule has 2 fully saturated rings. The van der Waals surface area contributed by atoms with E-state index < -0.39 is 0 Å². The van der Waals surface area contributed by atoms with Crippen LogP contribution in [0.4, 0.5) is 5.69 Å². The average molecular weight is 373 g/mol. The molecule has 5 nitrogen and oxygen atoms in total. The van der Waals surface area contributed by atoms with Crippen LogP contribution in [0.25, 0.3) is 0 Å². The Labute approximate surface area is 137 Å². The zero-order valence-corrected chi connectivity index (χ0v) is 14.5. The summed E-state index contributed by atoms with van der Waals surface area (Å²) in [5.41, 5.74) is 0.778. The smallest absolute Gasteiger partial charge is 0.283 e. The SMILES string of the molecule is O=c1c(Br)c(NCCN2CCSCC2)cnn1CC1CC1. The van der Waals surface area contributed by atoms with Crippen LogP contribution in [0.2, 0.25) is 0 Å². The van der Waals surface area contributed by atoms with E-state index in [4.69, 9.17) is 0 Å². The van der Waals surface area contributed by atoms with E-state index in [1.54, 1.807) is 10.9 Å². The molecule has 2 heterocycles. The van der Waals surface area contributed by atoms with Crippen molar-refractivity contribution in [2.75, 3.05) is 43.0 Å². The summed E-state index contributed by atoms with van der Waals surface area (Å²) >= 11 is 5.44. The van der Waals surface area contributed by atoms with Crippen LogP contribution in [0.3, 0.4) is 0 Å². The van der Waals surface area contributed by atoms with Crippen LogP contribution in [-0.4, -0.2) is 52.4 Å². The Kier molecular flexibility index (Phi) is 5.24. The molecule has 21 heavy (non-hydrogen) atoms. The van der Waals surface area contributed by atoms with E-state index in [0.717, 1.165) is 38.4 Å². The number of aromatic nitrogens is 2. The molecule has 1 aliphatic carbocycles. The summed E-state index contributed by atoms with van der Waals surface area (Å²) in [6.45, 7) is 4.93. The molecule has 1 saturated heterocycles. The van der Waals surface area contributed by atoms with Crippen LogP contribution in [0.5, 0.6) is 0 Å². The normalized spacial score (nSPS) is 19.7. The number of nitrogens with zero attached hydrogens (tertiary/aromatic N) is 3. The lowest BCUT2D eigenvalue weighted by molar-refractivity contribution is 0.314. The minimum Gasteiger partial charge on any atom is -0.381 e. The summed E-state index contributed by atoms with van der Waals surface area (Å²) in [6, 6.07) is 0. The summed E-state index contributed by atoms with van der Waals surface area (Å²) in [6.07, 6.45) is 4.21. The molecular weight excluding hydrogens is 352 g/mol. The van der Waals surface area contributed by atoms with Crippen molar-refractivity contribution in [3.8, 4) is 0 Å². The van der Waals surface area contributed by atoms with Gasteiger partial charge in [-0.25, -0.2) is 4.68 Å². The number of hydrogen-bond donors (Lipinski definition) is 1. The van der Waals surface area contributed by atoms with Crippen molar-refractivity contribution < 1.29 is 0 Å². The summed E-state index contributed by atoms with van der Waals surface area (Å²) in [7, 11) is 0. The topological polar surface area (TPSA) is 50.2 Å². The number of anilines is 1. The van der Waals surface area contributed by atoms with Gasteiger partial charge < -0.3 is 5.32 Å². The Morgan fingerprint density at radius 3 is 2.86 bits per heavy atom. The predicted octanol–water partition coefficient (Wildman–Crippen LogP) is 1.88. The van der Waals surface area contributed by atoms with Gasteiger partial charge in [0.1, 0.15) is 4.47 Å². The molecule has 1 aromatic rings. The lowest BCUT2D eigenvalue weighted by Gasteiger charge is -2.26. The molecular formula is C14H21BrN4OS. The molecule has 0 spiro atoms. The number of hydrogen-bond acceptors (Lipinski definition) is 5. The van der Waals surface area contributed by atoms with Crippen LogP contribution in [0, 0.1) is 5.92 Å². The number of thioether (sulfide) groups is 1. The van der Waals surface area contributed by atoms with Gasteiger partial charge in [-0.15, -0.1) is 0 Å². The fourth-order valence-electron chi connectivity index (χ4n) is 2.44. The zero-order valence-electron chi connectivity index (χ0n) is 12.1. The fourth-order valence-corrected chi connectivity index (χ4v) is 3.86. The van der Waals surface area contributed by atoms with Crippen LogP contribution >= 0.6 is 27.7 Å². The first-order valence-electron chi connectivity index (χ1n) is 7.53. The summed E-state index contributed by atoms with van der Waals surface area (Å²) in [4.78, 5) is 14.7. The van der Waals surface area contributed by atoms with Crippen LogP contribution in [-0.2, 0) is 6.54 Å². The van der Waals surface area contributed by atoms with Gasteiger partial charge in [-0.1, -0.05) is 0 Å². The molecule has 1 aromatic heterocycles. The molecule has 0 amide bonds. The highest BCUT2D eigenvalue weighted by atomic mass is 79.9. The number of nitrogens with one attached hydrogen (secondary N) is 1. The van der Waals surface area contributed by atoms with E-state index in [1.807, 2.05) is 11.8 Å². The highest BCUT2D eigenvalue weighted by Crippen LogP contribution is 2.30. The van der Waals surface area contributed by atoms with Crippen LogP contribution in [0.1, 0.15) is 12.8 Å². The molecule has 3 rings (SSSR count). The third-order valence-corrected chi connectivity index (χ3v) is 5.67. The van der Waals surface area contributed by atoms with Gasteiger partial charge >= 0.3 is 0 Å². The second-order valence-corrected chi connectivity index (χ2v) is 7.70. The van der Waals surface area contributed by atoms with Crippen molar-refractivity contribution in [1.82, 2.24) is 14.7 Å². The molecule has 0 aromatic carbocycles. The van der Waals surface area contributed by atoms with E-state index in [2.05, 4.69) is 31.2 Å². The van der Waals surface area contributed by atoms with E-state index >= 15 is 0 Å². The van der Waals surface area contributed by atoms with Crippen molar-refractivity contribution in [3.05, 3.63) is 21.0 Å². The van der Waals surface area contributed by atoms with E-state index in [9.17, 15) is 4.79 Å². The number of halogens is 1. The third kappa shape index (κ3) is 4.23. The highest BCUT2D eigenvalue weighted by molar-refractivity contribution is 9.10. The Morgan fingerprint density at radius 2 is 2.14 bits per heavy atom. The first-order valence-corrected chi connectivity index (χ1v) is 9.48. The molecule has 0 unspecified atom stereocenters. The van der Waals surface area contributed by atoms with Gasteiger partial charge in [0.25, 0.3) is 5.56 Å². The maximum atomic E-state index is 12.2. The maximum Gasteiger partial charge on any atom is 0.283 e. The van der Waals surface area contributed by atoms with Gasteiger partial charge in [0.05, 0.1) is 11.9 Å². The fraction of sp³-hybridized carbons (Fsp3) is 0.714. The zero-order chi connectivity index (χ0) is 14.7. The van der Waals surface area contributed by atoms with Gasteiger partial charge in [0, 0.05) is 44.2 Å². The van der Waals surface area contributed by atoms with Gasteiger partial charge in [-0.05, 0) is 34.7 Å². The third-order valence-electron chi connectivity index (χ3n) is 3.96. The quantitative estimate of drug-likeness (QED) is 0.825. The molecule has 0 bridgehead atoms. The van der Waals surface area contributed by atoms with Crippen molar-refractivity contribution in [2.24, 2.45) is 5.92 Å². The van der Waals surface area contributed by atoms with Gasteiger partial charge in [-0.3, -0.25) is 9.69 Å². The summed E-state index contributed by atoms with van der Waals surface area (Å²) < 4.78 is 2.18. The largest absolute Gasteiger partial charge is 0.381 e. The second kappa shape index (κ2) is 7.15. The molecule has 2 aliphatic rings. The molecule has 1 N–H and O–H groups in total.